The lowest BCUT2D eigenvalue weighted by molar-refractivity contribution is 0.257. The first kappa shape index (κ1) is 17.7. The Morgan fingerprint density at radius 2 is 2.13 bits per heavy atom. The Morgan fingerprint density at radius 1 is 1.39 bits per heavy atom. The van der Waals surface area contributed by atoms with Crippen LogP contribution >= 0.6 is 12.4 Å². The number of hydrogen-bond donors (Lipinski definition) is 1. The molecule has 7 heteroatoms. The smallest absolute Gasteiger partial charge is 0.241 e. The van der Waals surface area contributed by atoms with Gasteiger partial charge in [-0.1, -0.05) is 5.16 Å². The van der Waals surface area contributed by atoms with Crippen LogP contribution in [0.1, 0.15) is 19.2 Å². The van der Waals surface area contributed by atoms with Crippen molar-refractivity contribution in [1.82, 2.24) is 15.0 Å². The number of nitrogens with two attached hydrogens (primary N) is 1. The van der Waals surface area contributed by atoms with E-state index >= 15 is 0 Å². The second kappa shape index (κ2) is 7.77. The van der Waals surface area contributed by atoms with Gasteiger partial charge in [-0.2, -0.15) is 4.98 Å². The van der Waals surface area contributed by atoms with E-state index in [2.05, 4.69) is 22.0 Å². The molecule has 0 aliphatic carbocycles. The van der Waals surface area contributed by atoms with E-state index in [1.807, 2.05) is 24.3 Å². The summed E-state index contributed by atoms with van der Waals surface area (Å²) in [7, 11) is 1.65. The van der Waals surface area contributed by atoms with Crippen LogP contribution in [0.5, 0.6) is 5.75 Å². The summed E-state index contributed by atoms with van der Waals surface area (Å²) >= 11 is 0. The minimum atomic E-state index is 0. The van der Waals surface area contributed by atoms with Crippen LogP contribution in [0.2, 0.25) is 0 Å². The van der Waals surface area contributed by atoms with E-state index in [4.69, 9.17) is 15.0 Å². The number of aromatic nitrogens is 2. The minimum Gasteiger partial charge on any atom is -0.497 e. The molecule has 2 N–H and O–H groups in total. The van der Waals surface area contributed by atoms with E-state index < -0.39 is 0 Å². The summed E-state index contributed by atoms with van der Waals surface area (Å²) in [6, 6.07) is 7.87. The van der Waals surface area contributed by atoms with E-state index in [0.717, 1.165) is 30.8 Å². The average Bonchev–Trinajstić information content (AvgIpc) is 3.17. The lowest BCUT2D eigenvalue weighted by atomic mass is 10.0. The highest BCUT2D eigenvalue weighted by Gasteiger charge is 2.26. The van der Waals surface area contributed by atoms with Crippen molar-refractivity contribution < 1.29 is 9.26 Å². The molecule has 2 aromatic rings. The number of rotatable bonds is 5. The van der Waals surface area contributed by atoms with E-state index in [9.17, 15) is 0 Å². The number of ether oxygens (including phenoxy) is 1. The summed E-state index contributed by atoms with van der Waals surface area (Å²) < 4.78 is 10.5. The second-order valence-electron chi connectivity index (χ2n) is 5.88. The summed E-state index contributed by atoms with van der Waals surface area (Å²) in [4.78, 5) is 6.80. The molecule has 2 heterocycles. The quantitative estimate of drug-likeness (QED) is 0.901. The van der Waals surface area contributed by atoms with E-state index in [1.165, 1.54) is 0 Å². The minimum absolute atomic E-state index is 0. The zero-order valence-corrected chi connectivity index (χ0v) is 14.3. The van der Waals surface area contributed by atoms with Crippen molar-refractivity contribution in [2.75, 3.05) is 20.2 Å². The first-order valence-corrected chi connectivity index (χ1v) is 7.60. The van der Waals surface area contributed by atoms with Gasteiger partial charge in [-0.3, -0.25) is 4.90 Å². The molecule has 0 spiro atoms. The van der Waals surface area contributed by atoms with Crippen molar-refractivity contribution in [3.05, 3.63) is 30.2 Å². The maximum Gasteiger partial charge on any atom is 0.241 e. The van der Waals surface area contributed by atoms with Gasteiger partial charge >= 0.3 is 0 Å². The molecule has 3 rings (SSSR count). The van der Waals surface area contributed by atoms with Gasteiger partial charge < -0.3 is 15.0 Å². The molecule has 1 saturated heterocycles. The average molecular weight is 339 g/mol. The van der Waals surface area contributed by atoms with Crippen molar-refractivity contribution in [3.8, 4) is 17.1 Å². The third-order valence-corrected chi connectivity index (χ3v) is 4.23. The van der Waals surface area contributed by atoms with Gasteiger partial charge in [-0.05, 0) is 50.1 Å². The lowest BCUT2D eigenvalue weighted by Gasteiger charge is -2.15. The van der Waals surface area contributed by atoms with Crippen LogP contribution in [0, 0.1) is 5.92 Å². The lowest BCUT2D eigenvalue weighted by Crippen LogP contribution is -2.29. The highest BCUT2D eigenvalue weighted by atomic mass is 35.5. The molecule has 23 heavy (non-hydrogen) atoms. The standard InChI is InChI=1S/C16H22N4O2.ClH/c1-11(17)13-7-8-20(9-13)10-15-18-16(19-22-15)12-3-5-14(21-2)6-4-12;/h3-6,11,13H,7-10,17H2,1-2H3;1H. The Hall–Kier alpha value is -1.63. The topological polar surface area (TPSA) is 77.4 Å². The third kappa shape index (κ3) is 4.22. The highest BCUT2D eigenvalue weighted by molar-refractivity contribution is 5.85. The van der Waals surface area contributed by atoms with Crippen molar-refractivity contribution in [2.45, 2.75) is 25.9 Å². The van der Waals surface area contributed by atoms with Gasteiger partial charge in [0.15, 0.2) is 0 Å². The van der Waals surface area contributed by atoms with Crippen LogP contribution < -0.4 is 10.5 Å². The Balaban J connectivity index is 0.00000192. The second-order valence-corrected chi connectivity index (χ2v) is 5.88. The normalized spacial score (nSPS) is 19.3. The van der Waals surface area contributed by atoms with E-state index in [1.54, 1.807) is 7.11 Å². The molecule has 1 aromatic heterocycles. The molecule has 0 amide bonds. The maximum absolute atomic E-state index is 5.97. The number of halogens is 1. The fourth-order valence-corrected chi connectivity index (χ4v) is 2.80. The fourth-order valence-electron chi connectivity index (χ4n) is 2.80. The number of hydrogen-bond acceptors (Lipinski definition) is 6. The number of methoxy groups -OCH3 is 1. The molecule has 0 bridgehead atoms. The van der Waals surface area contributed by atoms with Gasteiger partial charge in [0.1, 0.15) is 5.75 Å². The number of nitrogens with zero attached hydrogens (tertiary/aromatic N) is 3. The molecule has 1 aliphatic rings. The SMILES string of the molecule is COc1ccc(-c2noc(CN3CCC(C(C)N)C3)n2)cc1.Cl. The molecular weight excluding hydrogens is 316 g/mol. The van der Waals surface area contributed by atoms with Crippen LogP contribution in [-0.2, 0) is 6.54 Å². The van der Waals surface area contributed by atoms with Crippen molar-refractivity contribution in [1.29, 1.82) is 0 Å². The van der Waals surface area contributed by atoms with Crippen LogP contribution in [0.4, 0.5) is 0 Å². The van der Waals surface area contributed by atoms with Gasteiger partial charge in [-0.15, -0.1) is 12.4 Å². The highest BCUT2D eigenvalue weighted by Crippen LogP contribution is 2.22. The van der Waals surface area contributed by atoms with E-state index in [-0.39, 0.29) is 18.4 Å². The van der Waals surface area contributed by atoms with Gasteiger partial charge in [0.25, 0.3) is 0 Å². The van der Waals surface area contributed by atoms with Crippen molar-refractivity contribution in [3.63, 3.8) is 0 Å². The Bertz CT molecular complexity index is 615. The predicted molar refractivity (Wildman–Crippen MR) is 90.6 cm³/mol. The summed E-state index contributed by atoms with van der Waals surface area (Å²) in [5.41, 5.74) is 6.89. The van der Waals surface area contributed by atoms with Gasteiger partial charge in [0, 0.05) is 18.2 Å². The van der Waals surface area contributed by atoms with Crippen LogP contribution in [0.15, 0.2) is 28.8 Å². The van der Waals surface area contributed by atoms with Gasteiger partial charge in [-0.25, -0.2) is 0 Å². The maximum atomic E-state index is 5.97. The largest absolute Gasteiger partial charge is 0.497 e. The third-order valence-electron chi connectivity index (χ3n) is 4.23. The Labute approximate surface area is 142 Å². The number of benzene rings is 1. The molecule has 126 valence electrons. The van der Waals surface area contributed by atoms with Crippen LogP contribution in [-0.4, -0.2) is 41.3 Å². The molecule has 0 radical (unpaired) electrons. The molecule has 2 unspecified atom stereocenters. The zero-order chi connectivity index (χ0) is 15.5. The van der Waals surface area contributed by atoms with Crippen LogP contribution in [0.25, 0.3) is 11.4 Å². The van der Waals surface area contributed by atoms with Crippen molar-refractivity contribution >= 4 is 12.4 Å². The summed E-state index contributed by atoms with van der Waals surface area (Å²) in [6.07, 6.45) is 1.14. The Kier molecular flexibility index (Phi) is 5.98. The first-order valence-electron chi connectivity index (χ1n) is 7.60. The monoisotopic (exact) mass is 338 g/mol. The summed E-state index contributed by atoms with van der Waals surface area (Å²) in [6.45, 7) is 4.79. The fraction of sp³-hybridized carbons (Fsp3) is 0.500. The van der Waals surface area contributed by atoms with E-state index in [0.29, 0.717) is 24.2 Å². The van der Waals surface area contributed by atoms with Gasteiger partial charge in [0.05, 0.1) is 13.7 Å². The van der Waals surface area contributed by atoms with Gasteiger partial charge in [0.2, 0.25) is 11.7 Å². The molecular formula is C16H23ClN4O2. The summed E-state index contributed by atoms with van der Waals surface area (Å²) in [5, 5.41) is 4.06. The summed E-state index contributed by atoms with van der Waals surface area (Å²) in [5.74, 6) is 2.63. The molecule has 6 nitrogen and oxygen atoms in total. The Morgan fingerprint density at radius 3 is 2.74 bits per heavy atom. The van der Waals surface area contributed by atoms with Crippen LogP contribution in [0.3, 0.4) is 0 Å². The molecule has 1 aromatic carbocycles. The molecule has 2 atom stereocenters. The van der Waals surface area contributed by atoms with Crippen molar-refractivity contribution in [2.24, 2.45) is 11.7 Å². The first-order chi connectivity index (χ1) is 10.7. The molecule has 1 aliphatic heterocycles. The zero-order valence-electron chi connectivity index (χ0n) is 13.4. The molecule has 0 saturated carbocycles. The predicted octanol–water partition coefficient (Wildman–Crippen LogP) is 2.34. The number of likely N-dealkylation sites (tertiary alicyclic amines) is 1. The molecule has 1 fully saturated rings.